The summed E-state index contributed by atoms with van der Waals surface area (Å²) in [6.07, 6.45) is 0. The van der Waals surface area contributed by atoms with Crippen molar-refractivity contribution in [1.82, 2.24) is 15.0 Å². The molecule has 0 atom stereocenters. The van der Waals surface area contributed by atoms with Crippen LogP contribution in [-0.2, 0) is 11.3 Å². The summed E-state index contributed by atoms with van der Waals surface area (Å²) in [5, 5.41) is 7.08. The Morgan fingerprint density at radius 2 is 1.75 bits per heavy atom. The Morgan fingerprint density at radius 3 is 2.43 bits per heavy atom. The van der Waals surface area contributed by atoms with Crippen molar-refractivity contribution in [2.24, 2.45) is 0 Å². The van der Waals surface area contributed by atoms with Gasteiger partial charge in [0.2, 0.25) is 17.6 Å². The standard InChI is InChI=1S/C22H26N4O2/c1-14-10-16(3)21(17(4)11-14)23-19(27)12-26(5)13-20-24-22(25-28-20)18-9-7-6-8-15(18)2/h6-11H,12-13H2,1-5H3,(H,23,27). The fourth-order valence-electron chi connectivity index (χ4n) is 3.34. The monoisotopic (exact) mass is 378 g/mol. The highest BCUT2D eigenvalue weighted by atomic mass is 16.5. The summed E-state index contributed by atoms with van der Waals surface area (Å²) in [5.41, 5.74) is 6.23. The van der Waals surface area contributed by atoms with Gasteiger partial charge in [0.25, 0.3) is 0 Å². The second kappa shape index (κ2) is 8.35. The lowest BCUT2D eigenvalue weighted by Crippen LogP contribution is -2.30. The summed E-state index contributed by atoms with van der Waals surface area (Å²) in [4.78, 5) is 18.8. The van der Waals surface area contributed by atoms with Crippen LogP contribution in [0.3, 0.4) is 0 Å². The molecule has 0 fully saturated rings. The van der Waals surface area contributed by atoms with Crippen molar-refractivity contribution in [3.05, 3.63) is 64.5 Å². The van der Waals surface area contributed by atoms with Crippen molar-refractivity contribution >= 4 is 11.6 Å². The molecule has 1 aromatic heterocycles. The minimum atomic E-state index is -0.0730. The van der Waals surface area contributed by atoms with E-state index in [1.165, 1.54) is 5.56 Å². The highest BCUT2D eigenvalue weighted by Gasteiger charge is 2.15. The molecule has 0 radical (unpaired) electrons. The quantitative estimate of drug-likeness (QED) is 0.701. The Labute approximate surface area is 165 Å². The normalized spacial score (nSPS) is 11.1. The van der Waals surface area contributed by atoms with Crippen LogP contribution in [0.1, 0.15) is 28.1 Å². The summed E-state index contributed by atoms with van der Waals surface area (Å²) in [5.74, 6) is 0.976. The summed E-state index contributed by atoms with van der Waals surface area (Å²) < 4.78 is 5.36. The number of aryl methyl sites for hydroxylation is 4. The van der Waals surface area contributed by atoms with Crippen LogP contribution in [0.2, 0.25) is 0 Å². The molecule has 0 saturated carbocycles. The fraction of sp³-hybridized carbons (Fsp3) is 0.318. The zero-order chi connectivity index (χ0) is 20.3. The van der Waals surface area contributed by atoms with Crippen molar-refractivity contribution in [3.63, 3.8) is 0 Å². The van der Waals surface area contributed by atoms with E-state index in [1.54, 1.807) is 0 Å². The number of carbonyl (C=O) groups excluding carboxylic acids is 1. The van der Waals surface area contributed by atoms with Gasteiger partial charge in [0.05, 0.1) is 13.1 Å². The number of hydrogen-bond donors (Lipinski definition) is 1. The molecule has 1 heterocycles. The molecule has 28 heavy (non-hydrogen) atoms. The second-order valence-electron chi connectivity index (χ2n) is 7.32. The Hall–Kier alpha value is -2.99. The van der Waals surface area contributed by atoms with Gasteiger partial charge in [-0.3, -0.25) is 9.69 Å². The first-order valence-corrected chi connectivity index (χ1v) is 9.28. The number of amides is 1. The van der Waals surface area contributed by atoms with Gasteiger partial charge in [-0.2, -0.15) is 4.98 Å². The van der Waals surface area contributed by atoms with Crippen LogP contribution in [0, 0.1) is 27.7 Å². The van der Waals surface area contributed by atoms with Gasteiger partial charge >= 0.3 is 0 Å². The third-order valence-electron chi connectivity index (χ3n) is 4.61. The lowest BCUT2D eigenvalue weighted by molar-refractivity contribution is -0.117. The molecule has 6 heteroatoms. The zero-order valence-electron chi connectivity index (χ0n) is 17.0. The average Bonchev–Trinajstić information content (AvgIpc) is 3.06. The van der Waals surface area contributed by atoms with Crippen molar-refractivity contribution < 1.29 is 9.32 Å². The Balaban J connectivity index is 1.61. The number of nitrogens with zero attached hydrogens (tertiary/aromatic N) is 3. The van der Waals surface area contributed by atoms with Crippen molar-refractivity contribution in [2.45, 2.75) is 34.2 Å². The van der Waals surface area contributed by atoms with Crippen molar-refractivity contribution in [3.8, 4) is 11.4 Å². The molecule has 0 saturated heterocycles. The molecule has 0 aliphatic heterocycles. The number of hydrogen-bond acceptors (Lipinski definition) is 5. The van der Waals surface area contributed by atoms with Gasteiger partial charge in [0, 0.05) is 11.3 Å². The van der Waals surface area contributed by atoms with E-state index in [1.807, 2.05) is 57.0 Å². The molecule has 3 aromatic rings. The highest BCUT2D eigenvalue weighted by molar-refractivity contribution is 5.93. The van der Waals surface area contributed by atoms with Crippen LogP contribution in [0.25, 0.3) is 11.4 Å². The molecule has 6 nitrogen and oxygen atoms in total. The van der Waals surface area contributed by atoms with Gasteiger partial charge in [-0.25, -0.2) is 0 Å². The number of nitrogens with one attached hydrogen (secondary N) is 1. The van der Waals surface area contributed by atoms with E-state index >= 15 is 0 Å². The number of carbonyl (C=O) groups is 1. The molecule has 1 N–H and O–H groups in total. The molecule has 2 aromatic carbocycles. The molecule has 0 spiro atoms. The third kappa shape index (κ3) is 4.64. The second-order valence-corrected chi connectivity index (χ2v) is 7.32. The van der Waals surface area contributed by atoms with Gasteiger partial charge in [-0.15, -0.1) is 0 Å². The number of likely N-dealkylation sites (N-methyl/N-ethyl adjacent to an activating group) is 1. The van der Waals surface area contributed by atoms with E-state index in [-0.39, 0.29) is 12.5 Å². The predicted octanol–water partition coefficient (Wildman–Crippen LogP) is 4.04. The number of rotatable bonds is 6. The number of benzene rings is 2. The molecule has 146 valence electrons. The molecule has 1 amide bonds. The molecule has 0 unspecified atom stereocenters. The van der Waals surface area contributed by atoms with Crippen molar-refractivity contribution in [1.29, 1.82) is 0 Å². The fourth-order valence-corrected chi connectivity index (χ4v) is 3.34. The minimum absolute atomic E-state index is 0.0730. The predicted molar refractivity (Wildman–Crippen MR) is 110 cm³/mol. The topological polar surface area (TPSA) is 71.3 Å². The smallest absolute Gasteiger partial charge is 0.241 e. The summed E-state index contributed by atoms with van der Waals surface area (Å²) >= 11 is 0. The van der Waals surface area contributed by atoms with E-state index < -0.39 is 0 Å². The Kier molecular flexibility index (Phi) is 5.90. The summed E-state index contributed by atoms with van der Waals surface area (Å²) in [7, 11) is 1.85. The zero-order valence-corrected chi connectivity index (χ0v) is 17.0. The van der Waals surface area contributed by atoms with E-state index in [0.717, 1.165) is 27.9 Å². The SMILES string of the molecule is Cc1cc(C)c(NC(=O)CN(C)Cc2nc(-c3ccccc3C)no2)c(C)c1. The van der Waals surface area contributed by atoms with Crippen molar-refractivity contribution in [2.75, 3.05) is 18.9 Å². The van der Waals surface area contributed by atoms with E-state index in [9.17, 15) is 4.79 Å². The van der Waals surface area contributed by atoms with Gasteiger partial charge in [-0.1, -0.05) is 47.1 Å². The van der Waals surface area contributed by atoms with E-state index in [2.05, 4.69) is 34.5 Å². The molecule has 0 bridgehead atoms. The van der Waals surface area contributed by atoms with Crippen LogP contribution in [0.4, 0.5) is 5.69 Å². The first-order valence-electron chi connectivity index (χ1n) is 9.28. The summed E-state index contributed by atoms with van der Waals surface area (Å²) in [6.45, 7) is 8.70. The minimum Gasteiger partial charge on any atom is -0.338 e. The highest BCUT2D eigenvalue weighted by Crippen LogP contribution is 2.22. The van der Waals surface area contributed by atoms with Crippen LogP contribution in [-0.4, -0.2) is 34.5 Å². The first kappa shape index (κ1) is 19.8. The van der Waals surface area contributed by atoms with Gasteiger partial charge < -0.3 is 9.84 Å². The van der Waals surface area contributed by atoms with Crippen LogP contribution >= 0.6 is 0 Å². The maximum absolute atomic E-state index is 12.5. The third-order valence-corrected chi connectivity index (χ3v) is 4.61. The Bertz CT molecular complexity index is 971. The van der Waals surface area contributed by atoms with E-state index in [0.29, 0.717) is 18.3 Å². The molecular weight excluding hydrogens is 352 g/mol. The molecule has 3 rings (SSSR count). The largest absolute Gasteiger partial charge is 0.338 e. The van der Waals surface area contributed by atoms with Crippen LogP contribution in [0.15, 0.2) is 40.9 Å². The summed E-state index contributed by atoms with van der Waals surface area (Å²) in [6, 6.07) is 12.0. The van der Waals surface area contributed by atoms with Gasteiger partial charge in [-0.05, 0) is 51.4 Å². The lowest BCUT2D eigenvalue weighted by atomic mass is 10.1. The molecule has 0 aliphatic carbocycles. The van der Waals surface area contributed by atoms with Crippen LogP contribution in [0.5, 0.6) is 0 Å². The lowest BCUT2D eigenvalue weighted by Gasteiger charge is -2.16. The number of anilines is 1. The molecular formula is C22H26N4O2. The molecule has 0 aliphatic rings. The maximum atomic E-state index is 12.5. The first-order chi connectivity index (χ1) is 13.3. The van der Waals surface area contributed by atoms with Gasteiger partial charge in [0.15, 0.2) is 0 Å². The average molecular weight is 378 g/mol. The number of aromatic nitrogens is 2. The van der Waals surface area contributed by atoms with Crippen LogP contribution < -0.4 is 5.32 Å². The van der Waals surface area contributed by atoms with E-state index in [4.69, 9.17) is 4.52 Å². The Morgan fingerprint density at radius 1 is 1.07 bits per heavy atom. The maximum Gasteiger partial charge on any atom is 0.241 e. The van der Waals surface area contributed by atoms with Gasteiger partial charge in [0.1, 0.15) is 0 Å².